The first-order valence-corrected chi connectivity index (χ1v) is 7.45. The first kappa shape index (κ1) is 15.5. The highest BCUT2D eigenvalue weighted by molar-refractivity contribution is 6.35. The summed E-state index contributed by atoms with van der Waals surface area (Å²) >= 11 is 11.8. The van der Waals surface area contributed by atoms with Crippen LogP contribution in [-0.4, -0.2) is 20.7 Å². The molecule has 0 radical (unpaired) electrons. The lowest BCUT2D eigenvalue weighted by molar-refractivity contribution is 0.0734. The highest BCUT2D eigenvalue weighted by atomic mass is 35.5. The van der Waals surface area contributed by atoms with Gasteiger partial charge in [-0.15, -0.1) is 0 Å². The van der Waals surface area contributed by atoms with Gasteiger partial charge in [0.15, 0.2) is 5.82 Å². The summed E-state index contributed by atoms with van der Waals surface area (Å²) in [7, 11) is 0. The largest absolute Gasteiger partial charge is 0.421 e. The Morgan fingerprint density at radius 3 is 2.74 bits per heavy atom. The standard InChI is InChI=1S/C16H11Cl2N3O2/c1-10-12(9-20-21(10)15-4-2-3-7-19-15)16(22)23-14-6-5-11(17)8-13(14)18/h2-9H,1H3. The minimum atomic E-state index is -0.547. The number of ether oxygens (including phenoxy) is 1. The zero-order valence-electron chi connectivity index (χ0n) is 12.0. The predicted octanol–water partition coefficient (Wildman–Crippen LogP) is 4.10. The summed E-state index contributed by atoms with van der Waals surface area (Å²) < 4.78 is 6.88. The minimum absolute atomic E-state index is 0.242. The second-order valence-corrected chi connectivity index (χ2v) is 5.55. The van der Waals surface area contributed by atoms with E-state index in [4.69, 9.17) is 27.9 Å². The SMILES string of the molecule is Cc1c(C(=O)Oc2ccc(Cl)cc2Cl)cnn1-c1ccccn1. The molecule has 2 heterocycles. The van der Waals surface area contributed by atoms with Gasteiger partial charge in [-0.2, -0.15) is 5.10 Å². The molecular weight excluding hydrogens is 337 g/mol. The molecule has 0 saturated carbocycles. The second-order valence-electron chi connectivity index (χ2n) is 4.71. The zero-order chi connectivity index (χ0) is 16.4. The van der Waals surface area contributed by atoms with Gasteiger partial charge < -0.3 is 4.74 Å². The molecule has 0 aliphatic rings. The Labute approximate surface area is 142 Å². The van der Waals surface area contributed by atoms with E-state index in [1.807, 2.05) is 6.07 Å². The molecule has 5 nitrogen and oxygen atoms in total. The van der Waals surface area contributed by atoms with Gasteiger partial charge in [-0.05, 0) is 37.3 Å². The Kier molecular flexibility index (Phi) is 4.32. The average molecular weight is 348 g/mol. The van der Waals surface area contributed by atoms with Gasteiger partial charge in [0.05, 0.1) is 16.9 Å². The third-order valence-corrected chi connectivity index (χ3v) is 3.72. The third-order valence-electron chi connectivity index (χ3n) is 3.19. The minimum Gasteiger partial charge on any atom is -0.421 e. The number of carbonyl (C=O) groups is 1. The van der Waals surface area contributed by atoms with Crippen molar-refractivity contribution in [3.63, 3.8) is 0 Å². The topological polar surface area (TPSA) is 57.0 Å². The van der Waals surface area contributed by atoms with Crippen LogP contribution in [0.2, 0.25) is 10.0 Å². The van der Waals surface area contributed by atoms with Gasteiger partial charge in [0.2, 0.25) is 0 Å². The number of esters is 1. The second kappa shape index (κ2) is 6.40. The third kappa shape index (κ3) is 3.21. The van der Waals surface area contributed by atoms with E-state index in [1.165, 1.54) is 12.3 Å². The number of aromatic nitrogens is 3. The summed E-state index contributed by atoms with van der Waals surface area (Å²) in [5, 5.41) is 4.92. The molecule has 0 aliphatic heterocycles. The lowest BCUT2D eigenvalue weighted by Crippen LogP contribution is -2.10. The van der Waals surface area contributed by atoms with Gasteiger partial charge in [-0.3, -0.25) is 0 Å². The van der Waals surface area contributed by atoms with Crippen molar-refractivity contribution in [2.75, 3.05) is 0 Å². The maximum atomic E-state index is 12.3. The summed E-state index contributed by atoms with van der Waals surface area (Å²) in [4.78, 5) is 16.5. The smallest absolute Gasteiger partial charge is 0.347 e. The van der Waals surface area contributed by atoms with Crippen molar-refractivity contribution in [1.29, 1.82) is 0 Å². The van der Waals surface area contributed by atoms with Crippen LogP contribution < -0.4 is 4.74 Å². The molecule has 116 valence electrons. The molecule has 23 heavy (non-hydrogen) atoms. The van der Waals surface area contributed by atoms with Crippen molar-refractivity contribution in [2.24, 2.45) is 0 Å². The average Bonchev–Trinajstić information content (AvgIpc) is 2.92. The molecule has 0 fully saturated rings. The van der Waals surface area contributed by atoms with Crippen molar-refractivity contribution in [2.45, 2.75) is 6.92 Å². The van der Waals surface area contributed by atoms with Crippen LogP contribution in [0.4, 0.5) is 0 Å². The first-order valence-electron chi connectivity index (χ1n) is 6.69. The lowest BCUT2D eigenvalue weighted by Gasteiger charge is -2.07. The van der Waals surface area contributed by atoms with E-state index in [0.29, 0.717) is 22.1 Å². The summed E-state index contributed by atoms with van der Waals surface area (Å²) in [5.74, 6) is 0.313. The number of hydrogen-bond acceptors (Lipinski definition) is 4. The van der Waals surface area contributed by atoms with Gasteiger partial charge >= 0.3 is 5.97 Å². The molecule has 0 amide bonds. The molecule has 0 aliphatic carbocycles. The summed E-state index contributed by atoms with van der Waals surface area (Å²) in [5.41, 5.74) is 0.959. The molecule has 0 atom stereocenters. The number of rotatable bonds is 3. The number of halogens is 2. The van der Waals surface area contributed by atoms with E-state index in [2.05, 4.69) is 10.1 Å². The van der Waals surface area contributed by atoms with Crippen LogP contribution in [0.1, 0.15) is 16.1 Å². The van der Waals surface area contributed by atoms with E-state index < -0.39 is 5.97 Å². The first-order chi connectivity index (χ1) is 11.1. The van der Waals surface area contributed by atoms with Crippen LogP contribution in [0.15, 0.2) is 48.8 Å². The van der Waals surface area contributed by atoms with Crippen molar-refractivity contribution in [1.82, 2.24) is 14.8 Å². The van der Waals surface area contributed by atoms with Crippen molar-refractivity contribution in [3.8, 4) is 11.6 Å². The van der Waals surface area contributed by atoms with Gasteiger partial charge in [0.25, 0.3) is 0 Å². The fraction of sp³-hybridized carbons (Fsp3) is 0.0625. The molecule has 0 bridgehead atoms. The fourth-order valence-corrected chi connectivity index (χ4v) is 2.48. The van der Waals surface area contributed by atoms with Gasteiger partial charge in [-0.25, -0.2) is 14.5 Å². The Balaban J connectivity index is 1.88. The molecule has 0 N–H and O–H groups in total. The zero-order valence-corrected chi connectivity index (χ0v) is 13.5. The van der Waals surface area contributed by atoms with E-state index in [9.17, 15) is 4.79 Å². The Hall–Kier alpha value is -2.37. The number of hydrogen-bond donors (Lipinski definition) is 0. The molecule has 0 spiro atoms. The lowest BCUT2D eigenvalue weighted by atomic mass is 10.2. The molecule has 0 saturated heterocycles. The maximum Gasteiger partial charge on any atom is 0.347 e. The number of pyridine rings is 1. The molecule has 1 aromatic carbocycles. The Morgan fingerprint density at radius 1 is 1.22 bits per heavy atom. The van der Waals surface area contributed by atoms with Gasteiger partial charge in [0.1, 0.15) is 11.3 Å². The van der Waals surface area contributed by atoms with Gasteiger partial charge in [0, 0.05) is 11.2 Å². The molecule has 2 aromatic heterocycles. The van der Waals surface area contributed by atoms with E-state index in [0.717, 1.165) is 0 Å². The van der Waals surface area contributed by atoms with Crippen molar-refractivity contribution >= 4 is 29.2 Å². The summed E-state index contributed by atoms with van der Waals surface area (Å²) in [6.07, 6.45) is 3.10. The van der Waals surface area contributed by atoms with Crippen LogP contribution in [0.5, 0.6) is 5.75 Å². The molecule has 7 heteroatoms. The van der Waals surface area contributed by atoms with Crippen LogP contribution in [0.3, 0.4) is 0 Å². The normalized spacial score (nSPS) is 10.6. The van der Waals surface area contributed by atoms with E-state index in [-0.39, 0.29) is 10.8 Å². The summed E-state index contributed by atoms with van der Waals surface area (Å²) in [6.45, 7) is 1.77. The molecule has 3 rings (SSSR count). The molecule has 0 unspecified atom stereocenters. The number of benzene rings is 1. The number of nitrogens with zero attached hydrogens (tertiary/aromatic N) is 3. The van der Waals surface area contributed by atoms with Crippen LogP contribution >= 0.6 is 23.2 Å². The fourth-order valence-electron chi connectivity index (χ4n) is 2.03. The quantitative estimate of drug-likeness (QED) is 0.528. The van der Waals surface area contributed by atoms with Crippen LogP contribution in [0.25, 0.3) is 5.82 Å². The number of carbonyl (C=O) groups excluding carboxylic acids is 1. The highest BCUT2D eigenvalue weighted by Gasteiger charge is 2.18. The molecular formula is C16H11Cl2N3O2. The monoisotopic (exact) mass is 347 g/mol. The molecule has 3 aromatic rings. The van der Waals surface area contributed by atoms with Crippen LogP contribution in [-0.2, 0) is 0 Å². The summed E-state index contributed by atoms with van der Waals surface area (Å²) in [6, 6.07) is 10.1. The van der Waals surface area contributed by atoms with Crippen molar-refractivity contribution < 1.29 is 9.53 Å². The predicted molar refractivity (Wildman–Crippen MR) is 87.5 cm³/mol. The highest BCUT2D eigenvalue weighted by Crippen LogP contribution is 2.28. The van der Waals surface area contributed by atoms with Gasteiger partial charge in [-0.1, -0.05) is 29.3 Å². The Morgan fingerprint density at radius 2 is 2.04 bits per heavy atom. The van der Waals surface area contributed by atoms with Crippen LogP contribution in [0, 0.1) is 6.92 Å². The van der Waals surface area contributed by atoms with E-state index in [1.54, 1.807) is 42.1 Å². The van der Waals surface area contributed by atoms with E-state index >= 15 is 0 Å². The maximum absolute atomic E-state index is 12.3. The Bertz CT molecular complexity index is 863. The van der Waals surface area contributed by atoms with Crippen molar-refractivity contribution in [3.05, 3.63) is 70.1 Å².